The van der Waals surface area contributed by atoms with Gasteiger partial charge >= 0.3 is 5.97 Å². The van der Waals surface area contributed by atoms with Crippen LogP contribution in [0.25, 0.3) is 0 Å². The second-order valence-electron chi connectivity index (χ2n) is 9.45. The molecule has 0 aliphatic heterocycles. The Balaban J connectivity index is 3.78. The highest BCUT2D eigenvalue weighted by molar-refractivity contribution is 8.02. The summed E-state index contributed by atoms with van der Waals surface area (Å²) in [4.78, 5) is 11.2. The summed E-state index contributed by atoms with van der Waals surface area (Å²) in [7, 11) is -0.176. The van der Waals surface area contributed by atoms with E-state index in [-0.39, 0.29) is 18.7 Å². The first-order valence-corrected chi connectivity index (χ1v) is 17.0. The maximum absolute atomic E-state index is 11.2. The number of carbonyl (C=O) groups is 1. The molecule has 0 aliphatic rings. The molecule has 0 spiro atoms. The summed E-state index contributed by atoms with van der Waals surface area (Å²) in [5, 5.41) is 11.9. The molecule has 0 aliphatic carbocycles. The zero-order valence-electron chi connectivity index (χ0n) is 23.2. The van der Waals surface area contributed by atoms with Crippen molar-refractivity contribution in [2.75, 3.05) is 46.7 Å². The topological polar surface area (TPSA) is 86.3 Å². The average Bonchev–Trinajstić information content (AvgIpc) is 2.89. The van der Waals surface area contributed by atoms with Gasteiger partial charge in [0, 0.05) is 26.2 Å². The van der Waals surface area contributed by atoms with Gasteiger partial charge in [0.2, 0.25) is 0 Å². The van der Waals surface area contributed by atoms with E-state index in [4.69, 9.17) is 30.9 Å². The van der Waals surface area contributed by atoms with Crippen LogP contribution < -0.4 is 5.09 Å². The van der Waals surface area contributed by atoms with Crippen molar-refractivity contribution in [2.24, 2.45) is 0 Å². The molecule has 0 fully saturated rings. The van der Waals surface area contributed by atoms with Gasteiger partial charge < -0.3 is 23.8 Å². The van der Waals surface area contributed by atoms with Gasteiger partial charge in [-0.15, -0.1) is 0 Å². The smallest absolute Gasteiger partial charge is 0.305 e. The molecule has 9 heteroatoms. The summed E-state index contributed by atoms with van der Waals surface area (Å²) in [5.41, 5.74) is 0. The molecule has 0 bridgehead atoms. The van der Waals surface area contributed by atoms with E-state index < -0.39 is 7.07 Å². The van der Waals surface area contributed by atoms with E-state index in [9.17, 15) is 4.79 Å². The van der Waals surface area contributed by atoms with Gasteiger partial charge in [-0.05, 0) is 19.3 Å². The van der Waals surface area contributed by atoms with Gasteiger partial charge in [0.25, 0.3) is 0 Å². The van der Waals surface area contributed by atoms with Crippen molar-refractivity contribution >= 4 is 24.9 Å². The molecule has 2 atom stereocenters. The molecule has 216 valence electrons. The van der Waals surface area contributed by atoms with Crippen molar-refractivity contribution in [1.82, 2.24) is 5.09 Å². The fourth-order valence-electron chi connectivity index (χ4n) is 3.86. The molecule has 0 amide bonds. The highest BCUT2D eigenvalue weighted by Gasteiger charge is 2.11. The summed E-state index contributed by atoms with van der Waals surface area (Å²) in [6, 6.07) is 0. The average molecular weight is 554 g/mol. The van der Waals surface area contributed by atoms with E-state index in [2.05, 4.69) is 16.7 Å². The minimum Gasteiger partial charge on any atom is -0.469 e. The van der Waals surface area contributed by atoms with Gasteiger partial charge in [0.05, 0.1) is 26.9 Å². The summed E-state index contributed by atoms with van der Waals surface area (Å²) in [6.07, 6.45) is 20.5. The molecule has 0 aromatic rings. The van der Waals surface area contributed by atoms with E-state index >= 15 is 0 Å². The van der Waals surface area contributed by atoms with Crippen molar-refractivity contribution in [2.45, 2.75) is 122 Å². The Hall–Kier alpha value is -0.0800. The van der Waals surface area contributed by atoms with Gasteiger partial charge in [-0.25, -0.2) is 0 Å². The molecule has 0 saturated carbocycles. The number of unbranched alkanes of at least 4 members (excludes halogenated alkanes) is 14. The zero-order chi connectivity index (χ0) is 26.5. The van der Waals surface area contributed by atoms with E-state index in [1.54, 1.807) is 0 Å². The van der Waals surface area contributed by atoms with Crippen LogP contribution in [0.3, 0.4) is 0 Å². The molecule has 7 nitrogen and oxygen atoms in total. The molecule has 0 heterocycles. The second kappa shape index (κ2) is 29.5. The number of aliphatic hydroxyl groups is 1. The number of rotatable bonds is 29. The van der Waals surface area contributed by atoms with Crippen LogP contribution in [0.5, 0.6) is 0 Å². The quantitative estimate of drug-likeness (QED) is 0.0633. The monoisotopic (exact) mass is 553 g/mol. The van der Waals surface area contributed by atoms with Crippen LogP contribution in [0, 0.1) is 0 Å². The molecule has 0 radical (unpaired) electrons. The normalized spacial score (nSPS) is 13.1. The number of hydrogen-bond acceptors (Lipinski definition) is 7. The fraction of sp³-hybridized carbons (Fsp3) is 0.963. The largest absolute Gasteiger partial charge is 0.469 e. The first-order valence-electron chi connectivity index (χ1n) is 14.4. The Morgan fingerprint density at radius 3 is 1.94 bits per heavy atom. The summed E-state index contributed by atoms with van der Waals surface area (Å²) >= 11 is 5.28. The van der Waals surface area contributed by atoms with E-state index in [0.29, 0.717) is 32.8 Å². The predicted molar refractivity (Wildman–Crippen MR) is 153 cm³/mol. The lowest BCUT2D eigenvalue weighted by molar-refractivity contribution is -0.140. The Kier molecular flexibility index (Phi) is 29.4. The number of hydrogen-bond donors (Lipinski definition) is 2. The number of nitrogens with one attached hydrogen (secondary N) is 1. The Bertz CT molecular complexity index is 501. The standard InChI is InChI=1S/C27H56NO6PS/c1-3-4-5-6-7-8-9-10-11-12-13-14-15-17-22-32-24-26(25-34-35(36)28-20-21-29)33-23-18-16-19-27(30)31-2/h26,29,35H,3-25H2,1-2H3,(H,28,36)/t26-/m1/s1. The molecule has 0 aromatic carbocycles. The molecule has 0 saturated heterocycles. The molecule has 0 aromatic heterocycles. The van der Waals surface area contributed by atoms with Gasteiger partial charge in [-0.3, -0.25) is 9.88 Å². The third-order valence-corrected chi connectivity index (χ3v) is 7.84. The van der Waals surface area contributed by atoms with Crippen molar-refractivity contribution in [3.63, 3.8) is 0 Å². The van der Waals surface area contributed by atoms with Gasteiger partial charge in [0.15, 0.2) is 0 Å². The maximum Gasteiger partial charge on any atom is 0.305 e. The van der Waals surface area contributed by atoms with Crippen LogP contribution in [0.1, 0.15) is 116 Å². The molecule has 2 N–H and O–H groups in total. The summed E-state index contributed by atoms with van der Waals surface area (Å²) in [6.45, 7) is 4.86. The molecule has 0 rings (SSSR count). The number of carbonyl (C=O) groups excluding carboxylic acids is 1. The van der Waals surface area contributed by atoms with E-state index in [0.717, 1.165) is 25.9 Å². The van der Waals surface area contributed by atoms with Crippen LogP contribution in [-0.4, -0.2) is 63.9 Å². The number of methoxy groups -OCH3 is 1. The van der Waals surface area contributed by atoms with Crippen molar-refractivity contribution in [1.29, 1.82) is 0 Å². The van der Waals surface area contributed by atoms with Crippen molar-refractivity contribution in [3.8, 4) is 0 Å². The van der Waals surface area contributed by atoms with Crippen molar-refractivity contribution in [3.05, 3.63) is 0 Å². The Labute approximate surface area is 227 Å². The highest BCUT2D eigenvalue weighted by Crippen LogP contribution is 2.17. The minimum atomic E-state index is -1.58. The molecule has 1 unspecified atom stereocenters. The van der Waals surface area contributed by atoms with Gasteiger partial charge in [0.1, 0.15) is 13.2 Å². The summed E-state index contributed by atoms with van der Waals surface area (Å²) < 4.78 is 22.2. The van der Waals surface area contributed by atoms with Crippen LogP contribution in [-0.2, 0) is 35.3 Å². The first-order chi connectivity index (χ1) is 17.6. The second-order valence-corrected chi connectivity index (χ2v) is 11.8. The van der Waals surface area contributed by atoms with Crippen LogP contribution in [0.2, 0.25) is 0 Å². The van der Waals surface area contributed by atoms with Gasteiger partial charge in [-0.2, -0.15) is 0 Å². The lowest BCUT2D eigenvalue weighted by Gasteiger charge is -2.19. The minimum absolute atomic E-state index is 0.0383. The lowest BCUT2D eigenvalue weighted by atomic mass is 10.0. The van der Waals surface area contributed by atoms with Crippen molar-refractivity contribution < 1.29 is 28.6 Å². The van der Waals surface area contributed by atoms with Crippen LogP contribution in [0.4, 0.5) is 0 Å². The molecular formula is C27H56NO6PS. The highest BCUT2D eigenvalue weighted by atomic mass is 32.4. The Morgan fingerprint density at radius 2 is 1.39 bits per heavy atom. The lowest BCUT2D eigenvalue weighted by Crippen LogP contribution is -2.26. The van der Waals surface area contributed by atoms with E-state index in [1.165, 1.54) is 90.6 Å². The Morgan fingerprint density at radius 1 is 0.833 bits per heavy atom. The van der Waals surface area contributed by atoms with Crippen LogP contribution >= 0.6 is 7.07 Å². The SMILES string of the molecule is CCCCCCCCCCCCCCCCOC[C@H](CO[PH](=S)NCCO)OCCCCC(=O)OC. The number of esters is 1. The van der Waals surface area contributed by atoms with Crippen LogP contribution in [0.15, 0.2) is 0 Å². The fourth-order valence-corrected chi connectivity index (χ4v) is 5.12. The predicted octanol–water partition coefficient (Wildman–Crippen LogP) is 6.32. The molecule has 36 heavy (non-hydrogen) atoms. The zero-order valence-corrected chi connectivity index (χ0v) is 25.1. The third kappa shape index (κ3) is 27.0. The maximum atomic E-state index is 11.2. The summed E-state index contributed by atoms with van der Waals surface area (Å²) in [5.74, 6) is -0.195. The third-order valence-electron chi connectivity index (χ3n) is 6.08. The van der Waals surface area contributed by atoms with E-state index in [1.807, 2.05) is 0 Å². The number of ether oxygens (including phenoxy) is 3. The molecular weight excluding hydrogens is 497 g/mol. The number of aliphatic hydroxyl groups excluding tert-OH is 1. The first kappa shape index (κ1) is 35.9. The van der Waals surface area contributed by atoms with Gasteiger partial charge in [-0.1, -0.05) is 102 Å².